The van der Waals surface area contributed by atoms with Gasteiger partial charge in [-0.05, 0) is 31.0 Å². The summed E-state index contributed by atoms with van der Waals surface area (Å²) in [5, 5.41) is 11.8. The second-order valence-electron chi connectivity index (χ2n) is 5.33. The van der Waals surface area contributed by atoms with E-state index in [0.29, 0.717) is 17.6 Å². The molecular weight excluding hydrogens is 284 g/mol. The lowest BCUT2D eigenvalue weighted by atomic mass is 9.90. The van der Waals surface area contributed by atoms with Gasteiger partial charge in [-0.2, -0.15) is 5.26 Å². The van der Waals surface area contributed by atoms with Crippen LogP contribution in [-0.4, -0.2) is 31.4 Å². The first-order valence-electron chi connectivity index (χ1n) is 6.84. The second kappa shape index (κ2) is 7.46. The summed E-state index contributed by atoms with van der Waals surface area (Å²) in [4.78, 5) is 22.9. The van der Waals surface area contributed by atoms with Crippen molar-refractivity contribution in [2.45, 2.75) is 26.3 Å². The molecule has 0 saturated carbocycles. The summed E-state index contributed by atoms with van der Waals surface area (Å²) in [6.45, 7) is 5.06. The molecular formula is C16H20N2O4. The van der Waals surface area contributed by atoms with E-state index in [1.54, 1.807) is 19.1 Å². The summed E-state index contributed by atoms with van der Waals surface area (Å²) in [5.41, 5.74) is -0.674. The molecule has 0 unspecified atom stereocenters. The molecule has 6 nitrogen and oxygen atoms in total. The molecule has 22 heavy (non-hydrogen) atoms. The molecule has 0 aliphatic heterocycles. The number of rotatable bonds is 7. The lowest BCUT2D eigenvalue weighted by Gasteiger charge is -2.27. The van der Waals surface area contributed by atoms with Gasteiger partial charge in [-0.3, -0.25) is 9.59 Å². The van der Waals surface area contributed by atoms with Crippen molar-refractivity contribution >= 4 is 12.2 Å². The van der Waals surface area contributed by atoms with Crippen molar-refractivity contribution in [3.05, 3.63) is 23.8 Å². The zero-order chi connectivity index (χ0) is 16.8. The molecule has 1 aromatic carbocycles. The van der Waals surface area contributed by atoms with Crippen LogP contribution in [0.3, 0.4) is 0 Å². The Kier molecular flexibility index (Phi) is 5.93. The van der Waals surface area contributed by atoms with E-state index in [1.807, 2.05) is 13.8 Å². The number of amides is 1. The number of methoxy groups -OCH3 is 1. The summed E-state index contributed by atoms with van der Waals surface area (Å²) in [5.74, 6) is 0.336. The van der Waals surface area contributed by atoms with Gasteiger partial charge in [-0.15, -0.1) is 0 Å². The van der Waals surface area contributed by atoms with Crippen molar-refractivity contribution in [3.8, 4) is 17.6 Å². The molecule has 0 heterocycles. The molecule has 1 N–H and O–H groups in total. The Labute approximate surface area is 130 Å². The van der Waals surface area contributed by atoms with Crippen molar-refractivity contribution in [2.75, 3.05) is 13.7 Å². The Balaban J connectivity index is 2.73. The molecule has 0 saturated heterocycles. The third-order valence-corrected chi connectivity index (χ3v) is 3.49. The average molecular weight is 304 g/mol. The normalized spacial score (nSPS) is 12.9. The van der Waals surface area contributed by atoms with Crippen LogP contribution in [0.15, 0.2) is 18.2 Å². The van der Waals surface area contributed by atoms with Crippen molar-refractivity contribution in [2.24, 2.45) is 5.92 Å². The van der Waals surface area contributed by atoms with E-state index in [-0.39, 0.29) is 18.3 Å². The number of nitrogens with zero attached hydrogens (tertiary/aromatic N) is 1. The molecule has 1 amide bonds. The smallest absolute Gasteiger partial charge is 0.259 e. The number of benzene rings is 1. The number of hydrogen-bond donors (Lipinski definition) is 1. The highest BCUT2D eigenvalue weighted by atomic mass is 16.5. The van der Waals surface area contributed by atoms with Crippen LogP contribution < -0.4 is 14.8 Å². The van der Waals surface area contributed by atoms with Gasteiger partial charge in [0, 0.05) is 0 Å². The van der Waals surface area contributed by atoms with E-state index in [1.165, 1.54) is 13.2 Å². The predicted molar refractivity (Wildman–Crippen MR) is 80.9 cm³/mol. The quantitative estimate of drug-likeness (QED) is 0.778. The van der Waals surface area contributed by atoms with Crippen LogP contribution in [0.5, 0.6) is 11.5 Å². The van der Waals surface area contributed by atoms with Gasteiger partial charge in [0.25, 0.3) is 5.91 Å². The molecule has 118 valence electrons. The molecule has 0 aromatic heterocycles. The number of hydrogen-bond acceptors (Lipinski definition) is 5. The summed E-state index contributed by atoms with van der Waals surface area (Å²) in [7, 11) is 1.49. The van der Waals surface area contributed by atoms with Gasteiger partial charge in [0.15, 0.2) is 12.9 Å². The molecule has 1 rings (SSSR count). The Bertz CT molecular complexity index is 592. The second-order valence-corrected chi connectivity index (χ2v) is 5.33. The van der Waals surface area contributed by atoms with E-state index >= 15 is 0 Å². The highest BCUT2D eigenvalue weighted by Crippen LogP contribution is 2.22. The highest BCUT2D eigenvalue weighted by molar-refractivity contribution is 5.82. The largest absolute Gasteiger partial charge is 0.497 e. The molecule has 6 heteroatoms. The summed E-state index contributed by atoms with van der Waals surface area (Å²) in [6, 6.07) is 6.80. The molecule has 0 fully saturated rings. The molecule has 0 spiro atoms. The van der Waals surface area contributed by atoms with Gasteiger partial charge in [-0.1, -0.05) is 13.8 Å². The third-order valence-electron chi connectivity index (χ3n) is 3.49. The number of carbonyl (C=O) groups excluding carboxylic acids is 2. The molecule has 0 aliphatic carbocycles. The maximum Gasteiger partial charge on any atom is 0.259 e. The van der Waals surface area contributed by atoms with Gasteiger partial charge in [-0.25, -0.2) is 0 Å². The highest BCUT2D eigenvalue weighted by Gasteiger charge is 2.30. The van der Waals surface area contributed by atoms with Crippen LogP contribution in [0.1, 0.15) is 31.1 Å². The maximum absolute atomic E-state index is 11.9. The lowest BCUT2D eigenvalue weighted by molar-refractivity contribution is -0.124. The number of ether oxygens (including phenoxy) is 2. The number of aldehydes is 1. The van der Waals surface area contributed by atoms with Gasteiger partial charge in [0.2, 0.25) is 0 Å². The Morgan fingerprint density at radius 2 is 2.18 bits per heavy atom. The van der Waals surface area contributed by atoms with Crippen LogP contribution in [0, 0.1) is 17.2 Å². The molecule has 1 aromatic rings. The van der Waals surface area contributed by atoms with Crippen molar-refractivity contribution in [3.63, 3.8) is 0 Å². The van der Waals surface area contributed by atoms with E-state index in [2.05, 4.69) is 11.4 Å². The molecule has 0 bridgehead atoms. The van der Waals surface area contributed by atoms with Crippen LogP contribution in [-0.2, 0) is 4.79 Å². The van der Waals surface area contributed by atoms with Crippen molar-refractivity contribution in [1.29, 1.82) is 5.26 Å². The van der Waals surface area contributed by atoms with Crippen LogP contribution >= 0.6 is 0 Å². The van der Waals surface area contributed by atoms with Crippen molar-refractivity contribution < 1.29 is 19.1 Å². The minimum Gasteiger partial charge on any atom is -0.497 e. The molecule has 1 atom stereocenters. The topological polar surface area (TPSA) is 88.4 Å². The lowest BCUT2D eigenvalue weighted by Crippen LogP contribution is -2.50. The average Bonchev–Trinajstić information content (AvgIpc) is 2.52. The van der Waals surface area contributed by atoms with E-state index in [0.717, 1.165) is 0 Å². The Hall–Kier alpha value is -2.55. The van der Waals surface area contributed by atoms with Gasteiger partial charge < -0.3 is 14.8 Å². The minimum atomic E-state index is -0.964. The fourth-order valence-corrected chi connectivity index (χ4v) is 1.65. The SMILES string of the molecule is COc1ccc(OCC(=O)N[C@@](C)(C#N)C(C)C)c(C=O)c1. The molecule has 0 aliphatic rings. The predicted octanol–water partition coefficient (Wildman–Crippen LogP) is 1.94. The van der Waals surface area contributed by atoms with E-state index in [4.69, 9.17) is 14.7 Å². The summed E-state index contributed by atoms with van der Waals surface area (Å²) < 4.78 is 10.4. The van der Waals surface area contributed by atoms with Crippen molar-refractivity contribution in [1.82, 2.24) is 5.32 Å². The Morgan fingerprint density at radius 1 is 1.50 bits per heavy atom. The van der Waals surface area contributed by atoms with Crippen LogP contribution in [0.4, 0.5) is 0 Å². The third kappa shape index (κ3) is 4.22. The maximum atomic E-state index is 11.9. The van der Waals surface area contributed by atoms with Crippen LogP contribution in [0.25, 0.3) is 0 Å². The summed E-state index contributed by atoms with van der Waals surface area (Å²) >= 11 is 0. The van der Waals surface area contributed by atoms with Gasteiger partial charge in [0.1, 0.15) is 17.0 Å². The van der Waals surface area contributed by atoms with Gasteiger partial charge in [0.05, 0.1) is 18.7 Å². The Morgan fingerprint density at radius 3 is 2.68 bits per heavy atom. The fraction of sp³-hybridized carbons (Fsp3) is 0.438. The number of nitrogens with one attached hydrogen (secondary N) is 1. The minimum absolute atomic E-state index is 0.0482. The zero-order valence-corrected chi connectivity index (χ0v) is 13.2. The van der Waals surface area contributed by atoms with E-state index in [9.17, 15) is 9.59 Å². The molecule has 0 radical (unpaired) electrons. The summed E-state index contributed by atoms with van der Waals surface area (Å²) in [6.07, 6.45) is 0.628. The first-order valence-corrected chi connectivity index (χ1v) is 6.84. The number of carbonyl (C=O) groups is 2. The first-order chi connectivity index (χ1) is 10.4. The van der Waals surface area contributed by atoms with Crippen LogP contribution in [0.2, 0.25) is 0 Å². The zero-order valence-electron chi connectivity index (χ0n) is 13.2. The van der Waals surface area contributed by atoms with E-state index < -0.39 is 11.4 Å². The standard InChI is InChI=1S/C16H20N2O4/c1-11(2)16(3,10-17)18-15(20)9-22-14-6-5-13(21-4)7-12(14)8-19/h5-8,11H,9H2,1-4H3,(H,18,20)/t16-/m0/s1. The first kappa shape index (κ1) is 17.5. The number of nitriles is 1. The van der Waals surface area contributed by atoms with Gasteiger partial charge >= 0.3 is 0 Å². The fourth-order valence-electron chi connectivity index (χ4n) is 1.65. The monoisotopic (exact) mass is 304 g/mol.